The molecule has 3 heteroatoms. The van der Waals surface area contributed by atoms with E-state index in [1.54, 1.807) is 0 Å². The minimum Gasteiger partial charge on any atom is -0.492 e. The molecule has 1 aliphatic rings. The highest BCUT2D eigenvalue weighted by atomic mass is 79.9. The van der Waals surface area contributed by atoms with Crippen LogP contribution in [0.5, 0.6) is 5.75 Å². The van der Waals surface area contributed by atoms with E-state index in [2.05, 4.69) is 53.2 Å². The lowest BCUT2D eigenvalue weighted by Crippen LogP contribution is -2.23. The number of ether oxygens (including phenoxy) is 1. The van der Waals surface area contributed by atoms with E-state index < -0.39 is 0 Å². The molecule has 0 spiro atoms. The fourth-order valence-corrected chi connectivity index (χ4v) is 3.47. The van der Waals surface area contributed by atoms with E-state index in [4.69, 9.17) is 10.5 Å². The van der Waals surface area contributed by atoms with Gasteiger partial charge < -0.3 is 10.5 Å². The molecule has 3 rings (SSSR count). The molecule has 104 valence electrons. The van der Waals surface area contributed by atoms with Gasteiger partial charge in [0.1, 0.15) is 5.75 Å². The van der Waals surface area contributed by atoms with Crippen molar-refractivity contribution in [1.29, 1.82) is 0 Å². The van der Waals surface area contributed by atoms with Gasteiger partial charge in [0.25, 0.3) is 0 Å². The topological polar surface area (TPSA) is 35.2 Å². The average Bonchev–Trinajstić information content (AvgIpc) is 2.41. The Morgan fingerprint density at radius 1 is 1.30 bits per heavy atom. The van der Waals surface area contributed by atoms with Crippen LogP contribution < -0.4 is 10.5 Å². The molecule has 0 aromatic heterocycles. The zero-order valence-electron chi connectivity index (χ0n) is 11.5. The van der Waals surface area contributed by atoms with Crippen LogP contribution in [0.3, 0.4) is 0 Å². The van der Waals surface area contributed by atoms with Crippen LogP contribution in [0.25, 0.3) is 0 Å². The maximum absolute atomic E-state index is 6.07. The molecule has 0 saturated heterocycles. The fraction of sp³-hybridized carbons (Fsp3) is 0.294. The third-order valence-electron chi connectivity index (χ3n) is 3.93. The quantitative estimate of drug-likeness (QED) is 0.921. The van der Waals surface area contributed by atoms with Crippen LogP contribution in [0.2, 0.25) is 0 Å². The van der Waals surface area contributed by atoms with Crippen LogP contribution in [0.4, 0.5) is 0 Å². The molecule has 20 heavy (non-hydrogen) atoms. The lowest BCUT2D eigenvalue weighted by Gasteiger charge is -2.30. The van der Waals surface area contributed by atoms with Crippen molar-refractivity contribution in [3.63, 3.8) is 0 Å². The molecular formula is C17H18BrNO. The van der Waals surface area contributed by atoms with Gasteiger partial charge in [0.05, 0.1) is 6.61 Å². The Balaban J connectivity index is 1.74. The SMILES string of the molecule is Cc1cc(Br)cc(CN)c1OCC1Cc2ccccc21. The summed E-state index contributed by atoms with van der Waals surface area (Å²) in [6.45, 7) is 3.29. The molecule has 1 aliphatic carbocycles. The highest BCUT2D eigenvalue weighted by molar-refractivity contribution is 9.10. The van der Waals surface area contributed by atoms with Crippen LogP contribution in [-0.4, -0.2) is 6.61 Å². The smallest absolute Gasteiger partial charge is 0.126 e. The van der Waals surface area contributed by atoms with E-state index >= 15 is 0 Å². The maximum Gasteiger partial charge on any atom is 0.126 e. The second-order valence-corrected chi connectivity index (χ2v) is 6.24. The van der Waals surface area contributed by atoms with Gasteiger partial charge in [-0.2, -0.15) is 0 Å². The molecule has 0 amide bonds. The first-order valence-electron chi connectivity index (χ1n) is 6.88. The highest BCUT2D eigenvalue weighted by Gasteiger charge is 2.26. The lowest BCUT2D eigenvalue weighted by molar-refractivity contribution is 0.271. The summed E-state index contributed by atoms with van der Waals surface area (Å²) in [7, 11) is 0. The molecule has 2 N–H and O–H groups in total. The van der Waals surface area contributed by atoms with Crippen molar-refractivity contribution < 1.29 is 4.74 Å². The molecule has 0 saturated carbocycles. The minimum absolute atomic E-state index is 0.497. The zero-order valence-corrected chi connectivity index (χ0v) is 13.1. The molecule has 0 bridgehead atoms. The van der Waals surface area contributed by atoms with Crippen molar-refractivity contribution in [2.45, 2.75) is 25.8 Å². The van der Waals surface area contributed by atoms with Crippen LogP contribution in [0.15, 0.2) is 40.9 Å². The molecule has 2 aromatic rings. The number of aryl methyl sites for hydroxylation is 1. The van der Waals surface area contributed by atoms with Crippen molar-refractivity contribution >= 4 is 15.9 Å². The largest absolute Gasteiger partial charge is 0.492 e. The van der Waals surface area contributed by atoms with E-state index in [0.717, 1.165) is 34.4 Å². The summed E-state index contributed by atoms with van der Waals surface area (Å²) in [5.41, 5.74) is 10.9. The van der Waals surface area contributed by atoms with Crippen LogP contribution in [0, 0.1) is 6.92 Å². The Kier molecular flexibility index (Phi) is 3.81. The van der Waals surface area contributed by atoms with Gasteiger partial charge in [-0.25, -0.2) is 0 Å². The standard InChI is InChI=1S/C17H18BrNO/c1-11-6-15(18)8-13(9-19)17(11)20-10-14-7-12-4-2-3-5-16(12)14/h2-6,8,14H,7,9-10,19H2,1H3. The Hall–Kier alpha value is -1.32. The second kappa shape index (κ2) is 5.58. The number of fused-ring (bicyclic) bond motifs is 1. The van der Waals surface area contributed by atoms with E-state index in [0.29, 0.717) is 12.5 Å². The third kappa shape index (κ3) is 2.48. The number of benzene rings is 2. The Morgan fingerprint density at radius 3 is 2.85 bits per heavy atom. The minimum atomic E-state index is 0.497. The van der Waals surface area contributed by atoms with Gasteiger partial charge in [0.2, 0.25) is 0 Å². The number of hydrogen-bond donors (Lipinski definition) is 1. The molecule has 0 aliphatic heterocycles. The van der Waals surface area contributed by atoms with Gasteiger partial charge in [-0.05, 0) is 42.2 Å². The zero-order chi connectivity index (χ0) is 14.1. The predicted molar refractivity (Wildman–Crippen MR) is 85.2 cm³/mol. The van der Waals surface area contributed by atoms with Crippen molar-refractivity contribution in [3.8, 4) is 5.75 Å². The van der Waals surface area contributed by atoms with Crippen LogP contribution in [0.1, 0.15) is 28.2 Å². The summed E-state index contributed by atoms with van der Waals surface area (Å²) in [5.74, 6) is 1.46. The summed E-state index contributed by atoms with van der Waals surface area (Å²) >= 11 is 3.50. The van der Waals surface area contributed by atoms with Gasteiger partial charge in [-0.3, -0.25) is 0 Å². The normalized spacial score (nSPS) is 16.4. The third-order valence-corrected chi connectivity index (χ3v) is 4.38. The summed E-state index contributed by atoms with van der Waals surface area (Å²) in [5, 5.41) is 0. The monoisotopic (exact) mass is 331 g/mol. The van der Waals surface area contributed by atoms with Gasteiger partial charge in [-0.1, -0.05) is 40.2 Å². The number of nitrogens with two attached hydrogens (primary N) is 1. The molecular weight excluding hydrogens is 314 g/mol. The van der Waals surface area contributed by atoms with Crippen LogP contribution in [-0.2, 0) is 13.0 Å². The first kappa shape index (κ1) is 13.7. The van der Waals surface area contributed by atoms with Crippen molar-refractivity contribution in [1.82, 2.24) is 0 Å². The van der Waals surface area contributed by atoms with E-state index in [1.165, 1.54) is 11.1 Å². The van der Waals surface area contributed by atoms with Gasteiger partial charge >= 0.3 is 0 Å². The summed E-state index contributed by atoms with van der Waals surface area (Å²) < 4.78 is 7.13. The maximum atomic E-state index is 6.07. The molecule has 1 atom stereocenters. The fourth-order valence-electron chi connectivity index (χ4n) is 2.85. The van der Waals surface area contributed by atoms with Crippen LogP contribution >= 0.6 is 15.9 Å². The molecule has 0 heterocycles. The Bertz CT molecular complexity index is 639. The molecule has 0 radical (unpaired) electrons. The summed E-state index contributed by atoms with van der Waals surface area (Å²) in [6, 6.07) is 12.7. The first-order chi connectivity index (χ1) is 9.69. The molecule has 2 nitrogen and oxygen atoms in total. The summed E-state index contributed by atoms with van der Waals surface area (Å²) in [4.78, 5) is 0. The van der Waals surface area contributed by atoms with Crippen molar-refractivity contribution in [2.75, 3.05) is 6.61 Å². The Labute approximate surface area is 128 Å². The number of rotatable bonds is 4. The van der Waals surface area contributed by atoms with E-state index in [1.807, 2.05) is 6.07 Å². The lowest BCUT2D eigenvalue weighted by atomic mass is 9.78. The highest BCUT2D eigenvalue weighted by Crippen LogP contribution is 2.36. The average molecular weight is 332 g/mol. The second-order valence-electron chi connectivity index (χ2n) is 5.33. The molecule has 1 unspecified atom stereocenters. The molecule has 0 fully saturated rings. The van der Waals surface area contributed by atoms with Gasteiger partial charge in [-0.15, -0.1) is 0 Å². The Morgan fingerprint density at radius 2 is 2.10 bits per heavy atom. The van der Waals surface area contributed by atoms with Crippen molar-refractivity contribution in [2.24, 2.45) is 5.73 Å². The van der Waals surface area contributed by atoms with Crippen molar-refractivity contribution in [3.05, 3.63) is 63.1 Å². The predicted octanol–water partition coefficient (Wildman–Crippen LogP) is 3.93. The van der Waals surface area contributed by atoms with Gasteiger partial charge in [0.15, 0.2) is 0 Å². The van der Waals surface area contributed by atoms with E-state index in [-0.39, 0.29) is 0 Å². The number of halogens is 1. The summed E-state index contributed by atoms with van der Waals surface area (Å²) in [6.07, 6.45) is 1.11. The van der Waals surface area contributed by atoms with Gasteiger partial charge in [0, 0.05) is 22.5 Å². The van der Waals surface area contributed by atoms with E-state index in [9.17, 15) is 0 Å². The molecule has 2 aromatic carbocycles. The first-order valence-corrected chi connectivity index (χ1v) is 7.68. The number of hydrogen-bond acceptors (Lipinski definition) is 2.